The van der Waals surface area contributed by atoms with E-state index >= 15 is 0 Å². The molecule has 0 aromatic heterocycles. The molecule has 0 spiro atoms. The summed E-state index contributed by atoms with van der Waals surface area (Å²) in [6.45, 7) is 8.11. The van der Waals surface area contributed by atoms with Gasteiger partial charge in [-0.1, -0.05) is 26.8 Å². The largest absolute Gasteiger partial charge is 0.508 e. The maximum absolute atomic E-state index is 12.7. The first kappa shape index (κ1) is 18.0. The molecule has 0 heterocycles. The molecule has 136 valence electrons. The number of aromatic hydroxyl groups is 1. The first-order chi connectivity index (χ1) is 11.7. The van der Waals surface area contributed by atoms with E-state index in [1.54, 1.807) is 13.0 Å². The van der Waals surface area contributed by atoms with Crippen LogP contribution in [0.4, 0.5) is 0 Å². The Morgan fingerprint density at radius 1 is 1.28 bits per heavy atom. The maximum Gasteiger partial charge on any atom is 0.319 e. The second-order valence-electron chi connectivity index (χ2n) is 8.31. The molecular formula is C21H28O4. The Kier molecular flexibility index (Phi) is 4.21. The highest BCUT2D eigenvalue weighted by molar-refractivity contribution is 6.04. The van der Waals surface area contributed by atoms with Crippen LogP contribution in [0.3, 0.4) is 0 Å². The van der Waals surface area contributed by atoms with E-state index in [9.17, 15) is 14.7 Å². The molecule has 0 radical (unpaired) electrons. The normalized spacial score (nSPS) is 31.4. The van der Waals surface area contributed by atoms with Crippen molar-refractivity contribution in [2.75, 3.05) is 7.11 Å². The van der Waals surface area contributed by atoms with E-state index in [4.69, 9.17) is 4.74 Å². The van der Waals surface area contributed by atoms with Crippen LogP contribution in [-0.2, 0) is 26.2 Å². The number of methoxy groups -OCH3 is 1. The van der Waals surface area contributed by atoms with Gasteiger partial charge in [0.05, 0.1) is 7.11 Å². The average Bonchev–Trinajstić information content (AvgIpc) is 2.57. The number of phenols is 1. The van der Waals surface area contributed by atoms with Crippen molar-refractivity contribution in [1.82, 2.24) is 0 Å². The van der Waals surface area contributed by atoms with Crippen LogP contribution in [-0.4, -0.2) is 24.0 Å². The van der Waals surface area contributed by atoms with Gasteiger partial charge in [0.15, 0.2) is 0 Å². The van der Waals surface area contributed by atoms with Gasteiger partial charge in [-0.25, -0.2) is 0 Å². The predicted octanol–water partition coefficient (Wildman–Crippen LogP) is 3.88. The zero-order valence-electron chi connectivity index (χ0n) is 15.8. The molecule has 0 bridgehead atoms. The van der Waals surface area contributed by atoms with Crippen molar-refractivity contribution in [3.8, 4) is 5.75 Å². The van der Waals surface area contributed by atoms with Gasteiger partial charge in [-0.15, -0.1) is 0 Å². The summed E-state index contributed by atoms with van der Waals surface area (Å²) in [7, 11) is 1.36. The lowest BCUT2D eigenvalue weighted by atomic mass is 9.49. The fraction of sp³-hybridized carbons (Fsp3) is 0.619. The molecule has 25 heavy (non-hydrogen) atoms. The Morgan fingerprint density at radius 2 is 1.96 bits per heavy atom. The molecular weight excluding hydrogens is 316 g/mol. The molecule has 0 amide bonds. The Morgan fingerprint density at radius 3 is 2.56 bits per heavy atom. The standard InChI is InChI=1S/C21H28O4/c1-12(2)18-13-6-9-16-20(3,14(13)7-8-15(18)22)11-10-17(23)21(16,4)19(24)25-5/h7-8,12,16,22H,6,9-11H2,1-5H3/t16?,20-,21-/m0/s1. The number of carbonyl (C=O) groups is 2. The Labute approximate surface area is 149 Å². The number of ether oxygens (including phenoxy) is 1. The van der Waals surface area contributed by atoms with Gasteiger partial charge in [-0.2, -0.15) is 0 Å². The summed E-state index contributed by atoms with van der Waals surface area (Å²) in [4.78, 5) is 25.3. The molecule has 2 aliphatic rings. The second kappa shape index (κ2) is 5.86. The smallest absolute Gasteiger partial charge is 0.319 e. The number of hydrogen-bond donors (Lipinski definition) is 1. The van der Waals surface area contributed by atoms with Gasteiger partial charge in [0.25, 0.3) is 0 Å². The van der Waals surface area contributed by atoms with Crippen LogP contribution >= 0.6 is 0 Å². The van der Waals surface area contributed by atoms with E-state index in [2.05, 4.69) is 20.8 Å². The molecule has 4 nitrogen and oxygen atoms in total. The quantitative estimate of drug-likeness (QED) is 0.653. The van der Waals surface area contributed by atoms with Crippen LogP contribution in [0, 0.1) is 11.3 Å². The van der Waals surface area contributed by atoms with Gasteiger partial charge in [-0.3, -0.25) is 9.59 Å². The van der Waals surface area contributed by atoms with Gasteiger partial charge in [0, 0.05) is 6.42 Å². The average molecular weight is 344 g/mol. The molecule has 1 aromatic rings. The number of fused-ring (bicyclic) bond motifs is 3. The minimum absolute atomic E-state index is 0.00636. The molecule has 1 saturated carbocycles. The minimum Gasteiger partial charge on any atom is -0.508 e. The van der Waals surface area contributed by atoms with Crippen LogP contribution in [0.5, 0.6) is 5.75 Å². The Bertz CT molecular complexity index is 726. The number of ketones is 1. The van der Waals surface area contributed by atoms with E-state index in [0.717, 1.165) is 24.8 Å². The van der Waals surface area contributed by atoms with Gasteiger partial charge < -0.3 is 9.84 Å². The van der Waals surface area contributed by atoms with Gasteiger partial charge >= 0.3 is 5.97 Å². The Hall–Kier alpha value is -1.84. The monoisotopic (exact) mass is 344 g/mol. The number of benzene rings is 1. The van der Waals surface area contributed by atoms with Gasteiger partial charge in [-0.05, 0) is 66.2 Å². The highest BCUT2D eigenvalue weighted by Gasteiger charge is 2.60. The molecule has 1 N–H and O–H groups in total. The fourth-order valence-electron chi connectivity index (χ4n) is 5.43. The van der Waals surface area contributed by atoms with Crippen molar-refractivity contribution in [3.05, 3.63) is 28.8 Å². The fourth-order valence-corrected chi connectivity index (χ4v) is 5.43. The number of esters is 1. The van der Waals surface area contributed by atoms with Crippen molar-refractivity contribution in [2.24, 2.45) is 11.3 Å². The molecule has 0 saturated heterocycles. The zero-order chi connectivity index (χ0) is 18.6. The van der Waals surface area contributed by atoms with E-state index in [-0.39, 0.29) is 23.0 Å². The molecule has 1 unspecified atom stereocenters. The SMILES string of the molecule is COC(=O)[C@]1(C)C(=O)CC[C@@]2(C)c3ccc(O)c(C(C)C)c3CCC12. The lowest BCUT2D eigenvalue weighted by Crippen LogP contribution is -2.57. The van der Waals surface area contributed by atoms with E-state index in [0.29, 0.717) is 12.2 Å². The number of hydrogen-bond acceptors (Lipinski definition) is 4. The molecule has 3 atom stereocenters. The van der Waals surface area contributed by atoms with Gasteiger partial charge in [0.1, 0.15) is 16.9 Å². The summed E-state index contributed by atoms with van der Waals surface area (Å²) >= 11 is 0. The highest BCUT2D eigenvalue weighted by atomic mass is 16.5. The van der Waals surface area contributed by atoms with Crippen molar-refractivity contribution in [2.45, 2.75) is 64.7 Å². The van der Waals surface area contributed by atoms with Crippen molar-refractivity contribution in [3.63, 3.8) is 0 Å². The third kappa shape index (κ3) is 2.33. The van der Waals surface area contributed by atoms with Gasteiger partial charge in [0.2, 0.25) is 0 Å². The predicted molar refractivity (Wildman–Crippen MR) is 95.7 cm³/mol. The molecule has 1 aromatic carbocycles. The molecule has 1 fully saturated rings. The highest BCUT2D eigenvalue weighted by Crippen LogP contribution is 2.57. The summed E-state index contributed by atoms with van der Waals surface area (Å²) in [5.74, 6) is 0.0735. The van der Waals surface area contributed by atoms with E-state index in [1.165, 1.54) is 18.2 Å². The van der Waals surface area contributed by atoms with E-state index < -0.39 is 11.4 Å². The maximum atomic E-state index is 12.7. The molecule has 0 aliphatic heterocycles. The minimum atomic E-state index is -1.09. The number of rotatable bonds is 2. The summed E-state index contributed by atoms with van der Waals surface area (Å²) < 4.78 is 5.03. The number of phenolic OH excluding ortho intramolecular Hbond substituents is 1. The van der Waals surface area contributed by atoms with Crippen LogP contribution < -0.4 is 0 Å². The zero-order valence-corrected chi connectivity index (χ0v) is 15.8. The third-order valence-electron chi connectivity index (χ3n) is 6.74. The number of Topliss-reactive ketones (excluding diaryl/α,β-unsaturated/α-hetero) is 1. The third-order valence-corrected chi connectivity index (χ3v) is 6.74. The Balaban J connectivity index is 2.19. The van der Waals surface area contributed by atoms with E-state index in [1.807, 2.05) is 6.07 Å². The lowest BCUT2D eigenvalue weighted by Gasteiger charge is -2.53. The molecule has 4 heteroatoms. The summed E-state index contributed by atoms with van der Waals surface area (Å²) in [5.41, 5.74) is 2.05. The summed E-state index contributed by atoms with van der Waals surface area (Å²) in [6.07, 6.45) is 2.65. The summed E-state index contributed by atoms with van der Waals surface area (Å²) in [5, 5.41) is 10.4. The first-order valence-electron chi connectivity index (χ1n) is 9.14. The topological polar surface area (TPSA) is 63.6 Å². The van der Waals surface area contributed by atoms with Crippen LogP contribution in [0.1, 0.15) is 69.6 Å². The van der Waals surface area contributed by atoms with Crippen LogP contribution in [0.2, 0.25) is 0 Å². The second-order valence-corrected chi connectivity index (χ2v) is 8.31. The molecule has 3 rings (SSSR count). The lowest BCUT2D eigenvalue weighted by molar-refractivity contribution is -0.167. The van der Waals surface area contributed by atoms with Crippen LogP contribution in [0.15, 0.2) is 12.1 Å². The van der Waals surface area contributed by atoms with Crippen molar-refractivity contribution < 1.29 is 19.4 Å². The van der Waals surface area contributed by atoms with Crippen molar-refractivity contribution in [1.29, 1.82) is 0 Å². The molecule has 2 aliphatic carbocycles. The first-order valence-corrected chi connectivity index (χ1v) is 9.14. The summed E-state index contributed by atoms with van der Waals surface area (Å²) in [6, 6.07) is 3.77. The number of carbonyl (C=O) groups excluding carboxylic acids is 2. The van der Waals surface area contributed by atoms with Crippen molar-refractivity contribution >= 4 is 11.8 Å². The van der Waals surface area contributed by atoms with Crippen LogP contribution in [0.25, 0.3) is 0 Å².